The topological polar surface area (TPSA) is 60.0 Å². The van der Waals surface area contributed by atoms with Crippen LogP contribution in [0.5, 0.6) is 0 Å². The number of rotatable bonds is 8. The van der Waals surface area contributed by atoms with Gasteiger partial charge in [0.15, 0.2) is 0 Å². The molecule has 0 spiro atoms. The van der Waals surface area contributed by atoms with Crippen LogP contribution in [0.3, 0.4) is 0 Å². The molecule has 0 amide bonds. The van der Waals surface area contributed by atoms with Crippen LogP contribution in [0, 0.1) is 11.8 Å². The molecule has 4 unspecified atom stereocenters. The average molecular weight is 299 g/mol. The van der Waals surface area contributed by atoms with Crippen molar-refractivity contribution in [2.45, 2.75) is 32.0 Å². The number of hydrogen-bond donors (Lipinski definition) is 2. The van der Waals surface area contributed by atoms with E-state index in [1.54, 1.807) is 0 Å². The van der Waals surface area contributed by atoms with Crippen molar-refractivity contribution in [2.75, 3.05) is 46.1 Å². The Hall–Kier alpha value is -0.460. The molecule has 1 aliphatic carbocycles. The zero-order chi connectivity index (χ0) is 14.9. The summed E-state index contributed by atoms with van der Waals surface area (Å²) >= 11 is 0. The summed E-state index contributed by atoms with van der Waals surface area (Å²) in [7, 11) is 0. The Balaban J connectivity index is 1.49. The first kappa shape index (κ1) is 16.9. The molecule has 1 saturated heterocycles. The van der Waals surface area contributed by atoms with Crippen LogP contribution in [0.1, 0.15) is 19.8 Å². The Morgan fingerprint density at radius 1 is 1.33 bits per heavy atom. The van der Waals surface area contributed by atoms with Crippen LogP contribution in [-0.4, -0.2) is 63.4 Å². The molecule has 2 aliphatic rings. The van der Waals surface area contributed by atoms with Crippen molar-refractivity contribution in [3.63, 3.8) is 0 Å². The SMILES string of the molecule is CC1CC=CCC1COCC(O)CNCC1COCCO1. The third-order valence-corrected chi connectivity index (χ3v) is 4.20. The Labute approximate surface area is 127 Å². The molecule has 2 N–H and O–H groups in total. The van der Waals surface area contributed by atoms with Crippen LogP contribution in [0.25, 0.3) is 0 Å². The minimum absolute atomic E-state index is 0.0988. The van der Waals surface area contributed by atoms with E-state index in [1.165, 1.54) is 0 Å². The number of ether oxygens (including phenoxy) is 3. The number of hydrogen-bond acceptors (Lipinski definition) is 5. The molecule has 0 aromatic carbocycles. The number of aliphatic hydroxyl groups is 1. The van der Waals surface area contributed by atoms with Crippen LogP contribution < -0.4 is 5.32 Å². The van der Waals surface area contributed by atoms with Gasteiger partial charge in [0, 0.05) is 13.1 Å². The lowest BCUT2D eigenvalue weighted by Crippen LogP contribution is -2.40. The van der Waals surface area contributed by atoms with Crippen LogP contribution in [0.2, 0.25) is 0 Å². The Kier molecular flexibility index (Phi) is 7.68. The summed E-state index contributed by atoms with van der Waals surface area (Å²) in [5, 5.41) is 13.1. The first-order chi connectivity index (χ1) is 10.3. The summed E-state index contributed by atoms with van der Waals surface area (Å²) in [5.41, 5.74) is 0. The maximum absolute atomic E-state index is 9.90. The van der Waals surface area contributed by atoms with Gasteiger partial charge in [-0.3, -0.25) is 0 Å². The van der Waals surface area contributed by atoms with E-state index < -0.39 is 6.10 Å². The van der Waals surface area contributed by atoms with Gasteiger partial charge >= 0.3 is 0 Å². The van der Waals surface area contributed by atoms with E-state index in [0.717, 1.165) is 19.4 Å². The smallest absolute Gasteiger partial charge is 0.0933 e. The van der Waals surface area contributed by atoms with Gasteiger partial charge in [-0.15, -0.1) is 0 Å². The summed E-state index contributed by atoms with van der Waals surface area (Å²) in [4.78, 5) is 0. The first-order valence-corrected chi connectivity index (χ1v) is 8.06. The van der Waals surface area contributed by atoms with Crippen molar-refractivity contribution < 1.29 is 19.3 Å². The van der Waals surface area contributed by atoms with E-state index in [1.807, 2.05) is 0 Å². The predicted octanol–water partition coefficient (Wildman–Crippen LogP) is 0.971. The summed E-state index contributed by atoms with van der Waals surface area (Å²) in [6, 6.07) is 0. The average Bonchev–Trinajstić information content (AvgIpc) is 2.50. The quantitative estimate of drug-likeness (QED) is 0.654. The van der Waals surface area contributed by atoms with Gasteiger partial charge in [-0.25, -0.2) is 0 Å². The molecule has 5 heteroatoms. The molecular weight excluding hydrogens is 270 g/mol. The Morgan fingerprint density at radius 3 is 2.95 bits per heavy atom. The molecule has 1 aliphatic heterocycles. The minimum atomic E-state index is -0.469. The zero-order valence-electron chi connectivity index (χ0n) is 13.0. The molecule has 1 fully saturated rings. The highest BCUT2D eigenvalue weighted by Gasteiger charge is 2.19. The van der Waals surface area contributed by atoms with Gasteiger partial charge in [-0.1, -0.05) is 19.1 Å². The van der Waals surface area contributed by atoms with Crippen molar-refractivity contribution in [2.24, 2.45) is 11.8 Å². The van der Waals surface area contributed by atoms with E-state index in [9.17, 15) is 5.11 Å². The van der Waals surface area contributed by atoms with Crippen LogP contribution in [0.4, 0.5) is 0 Å². The van der Waals surface area contributed by atoms with Gasteiger partial charge in [-0.05, 0) is 24.7 Å². The van der Waals surface area contributed by atoms with E-state index in [-0.39, 0.29) is 6.10 Å². The first-order valence-electron chi connectivity index (χ1n) is 8.06. The minimum Gasteiger partial charge on any atom is -0.389 e. The number of nitrogens with one attached hydrogen (secondary N) is 1. The molecule has 0 saturated carbocycles. The second-order valence-electron chi connectivity index (χ2n) is 6.10. The summed E-state index contributed by atoms with van der Waals surface area (Å²) in [5.74, 6) is 1.26. The van der Waals surface area contributed by atoms with E-state index in [0.29, 0.717) is 51.4 Å². The van der Waals surface area contributed by atoms with Gasteiger partial charge in [0.2, 0.25) is 0 Å². The monoisotopic (exact) mass is 299 g/mol. The molecule has 21 heavy (non-hydrogen) atoms. The molecule has 2 rings (SSSR count). The highest BCUT2D eigenvalue weighted by molar-refractivity contribution is 4.93. The maximum Gasteiger partial charge on any atom is 0.0933 e. The van der Waals surface area contributed by atoms with Crippen LogP contribution in [-0.2, 0) is 14.2 Å². The van der Waals surface area contributed by atoms with E-state index >= 15 is 0 Å². The van der Waals surface area contributed by atoms with Gasteiger partial charge in [0.1, 0.15) is 0 Å². The fourth-order valence-corrected chi connectivity index (χ4v) is 2.72. The van der Waals surface area contributed by atoms with Crippen molar-refractivity contribution in [1.82, 2.24) is 5.32 Å². The van der Waals surface area contributed by atoms with Gasteiger partial charge in [0.25, 0.3) is 0 Å². The number of allylic oxidation sites excluding steroid dienone is 2. The zero-order valence-corrected chi connectivity index (χ0v) is 13.0. The lowest BCUT2D eigenvalue weighted by atomic mass is 9.85. The molecule has 5 nitrogen and oxygen atoms in total. The molecule has 0 radical (unpaired) electrons. The van der Waals surface area contributed by atoms with E-state index in [4.69, 9.17) is 14.2 Å². The normalized spacial score (nSPS) is 31.2. The Bertz CT molecular complexity index is 305. The Morgan fingerprint density at radius 2 is 2.19 bits per heavy atom. The molecular formula is C16H29NO4. The highest BCUT2D eigenvalue weighted by atomic mass is 16.6. The highest BCUT2D eigenvalue weighted by Crippen LogP contribution is 2.24. The van der Waals surface area contributed by atoms with Crippen molar-refractivity contribution in [1.29, 1.82) is 0 Å². The second kappa shape index (κ2) is 9.54. The fourth-order valence-electron chi connectivity index (χ4n) is 2.72. The van der Waals surface area contributed by atoms with Gasteiger partial charge in [0.05, 0.1) is 45.2 Å². The largest absolute Gasteiger partial charge is 0.389 e. The molecule has 122 valence electrons. The summed E-state index contributed by atoms with van der Waals surface area (Å²) in [6.07, 6.45) is 6.34. The molecule has 0 aromatic heterocycles. The third-order valence-electron chi connectivity index (χ3n) is 4.20. The van der Waals surface area contributed by atoms with Crippen LogP contribution >= 0.6 is 0 Å². The standard InChI is InChI=1S/C16H29NO4/c1-13-4-2-3-5-14(13)10-20-11-15(18)8-17-9-16-12-19-6-7-21-16/h2-3,13-18H,4-12H2,1H3. The second-order valence-corrected chi connectivity index (χ2v) is 6.10. The van der Waals surface area contributed by atoms with Gasteiger partial charge in [-0.2, -0.15) is 0 Å². The molecule has 4 atom stereocenters. The summed E-state index contributed by atoms with van der Waals surface area (Å²) in [6.45, 7) is 6.60. The van der Waals surface area contributed by atoms with E-state index in [2.05, 4.69) is 24.4 Å². The lowest BCUT2D eigenvalue weighted by molar-refractivity contribution is -0.0872. The molecule has 1 heterocycles. The predicted molar refractivity (Wildman–Crippen MR) is 81.3 cm³/mol. The molecule has 0 bridgehead atoms. The van der Waals surface area contributed by atoms with Crippen LogP contribution in [0.15, 0.2) is 12.2 Å². The van der Waals surface area contributed by atoms with Gasteiger partial charge < -0.3 is 24.6 Å². The number of aliphatic hydroxyl groups excluding tert-OH is 1. The lowest BCUT2D eigenvalue weighted by Gasteiger charge is -2.26. The molecule has 0 aromatic rings. The third kappa shape index (κ3) is 6.45. The van der Waals surface area contributed by atoms with Crippen molar-refractivity contribution in [3.05, 3.63) is 12.2 Å². The fraction of sp³-hybridized carbons (Fsp3) is 0.875. The maximum atomic E-state index is 9.90. The van der Waals surface area contributed by atoms with Crippen molar-refractivity contribution >= 4 is 0 Å². The van der Waals surface area contributed by atoms with Crippen molar-refractivity contribution in [3.8, 4) is 0 Å². The summed E-state index contributed by atoms with van der Waals surface area (Å²) < 4.78 is 16.5.